The number of rotatable bonds is 2. The normalized spacial score (nSPS) is 9.42. The molecule has 0 aliphatic rings. The van der Waals surface area contributed by atoms with Gasteiger partial charge in [-0.3, -0.25) is 9.59 Å². The summed E-state index contributed by atoms with van der Waals surface area (Å²) in [5.41, 5.74) is 4.68. The summed E-state index contributed by atoms with van der Waals surface area (Å²) < 4.78 is 12.5. The van der Waals surface area contributed by atoms with E-state index in [2.05, 4.69) is 0 Å². The quantitative estimate of drug-likeness (QED) is 0.514. The number of hydrogen-bond donors (Lipinski definition) is 1. The Labute approximate surface area is 68.0 Å². The van der Waals surface area contributed by atoms with Crippen molar-refractivity contribution in [1.29, 1.82) is 0 Å². The molecule has 1 aromatic rings. The molecule has 3 nitrogen and oxygen atoms in total. The summed E-state index contributed by atoms with van der Waals surface area (Å²) in [5.74, 6) is -2.53. The lowest BCUT2D eigenvalue weighted by molar-refractivity contribution is -0.114. The van der Waals surface area contributed by atoms with Crippen LogP contribution in [0.5, 0.6) is 0 Å². The van der Waals surface area contributed by atoms with E-state index in [1.54, 1.807) is 0 Å². The zero-order valence-corrected chi connectivity index (χ0v) is 6.08. The SMILES string of the molecule is NC(=O)C(=O)c1cccc(F)c1. The number of hydrogen-bond acceptors (Lipinski definition) is 2. The van der Waals surface area contributed by atoms with Crippen LogP contribution in [0.1, 0.15) is 10.4 Å². The Balaban J connectivity index is 3.04. The van der Waals surface area contributed by atoms with Gasteiger partial charge in [-0.15, -0.1) is 0 Å². The first-order valence-electron chi connectivity index (χ1n) is 3.21. The summed E-state index contributed by atoms with van der Waals surface area (Å²) in [4.78, 5) is 21.2. The van der Waals surface area contributed by atoms with Crippen LogP contribution < -0.4 is 5.73 Å². The predicted octanol–water partition coefficient (Wildman–Crippen LogP) is 0.494. The number of halogens is 1. The third-order valence-electron chi connectivity index (χ3n) is 1.31. The van der Waals surface area contributed by atoms with E-state index in [-0.39, 0.29) is 5.56 Å². The smallest absolute Gasteiger partial charge is 0.289 e. The molecule has 0 spiro atoms. The predicted molar refractivity (Wildman–Crippen MR) is 39.9 cm³/mol. The van der Waals surface area contributed by atoms with Crippen LogP contribution in [0.2, 0.25) is 0 Å². The lowest BCUT2D eigenvalue weighted by atomic mass is 10.1. The van der Waals surface area contributed by atoms with Crippen molar-refractivity contribution in [2.24, 2.45) is 5.73 Å². The Morgan fingerprint density at radius 1 is 1.33 bits per heavy atom. The molecular weight excluding hydrogens is 161 g/mol. The first kappa shape index (κ1) is 8.39. The van der Waals surface area contributed by atoms with Crippen molar-refractivity contribution in [3.8, 4) is 0 Å². The van der Waals surface area contributed by atoms with Gasteiger partial charge in [0.15, 0.2) is 0 Å². The fourth-order valence-electron chi connectivity index (χ4n) is 0.772. The topological polar surface area (TPSA) is 60.2 Å². The molecule has 0 bridgehead atoms. The van der Waals surface area contributed by atoms with Gasteiger partial charge in [0.25, 0.3) is 5.91 Å². The molecule has 0 radical (unpaired) electrons. The van der Waals surface area contributed by atoms with Crippen LogP contribution >= 0.6 is 0 Å². The van der Waals surface area contributed by atoms with E-state index in [0.717, 1.165) is 6.07 Å². The minimum atomic E-state index is -1.08. The third kappa shape index (κ3) is 1.66. The number of carbonyl (C=O) groups is 2. The maximum Gasteiger partial charge on any atom is 0.289 e. The molecule has 0 fully saturated rings. The molecule has 0 atom stereocenters. The molecule has 0 aliphatic carbocycles. The van der Waals surface area contributed by atoms with Crippen molar-refractivity contribution in [3.05, 3.63) is 35.6 Å². The highest BCUT2D eigenvalue weighted by molar-refractivity contribution is 6.42. The van der Waals surface area contributed by atoms with Gasteiger partial charge >= 0.3 is 0 Å². The standard InChI is InChI=1S/C8H6FNO2/c9-6-3-1-2-5(4-6)7(11)8(10)12/h1-4H,(H2,10,12). The minimum Gasteiger partial charge on any atom is -0.363 e. The van der Waals surface area contributed by atoms with Crippen LogP contribution in [-0.4, -0.2) is 11.7 Å². The van der Waals surface area contributed by atoms with Crippen LogP contribution in [0.4, 0.5) is 4.39 Å². The van der Waals surface area contributed by atoms with E-state index in [1.807, 2.05) is 0 Å². The molecule has 0 heterocycles. The summed E-state index contributed by atoms with van der Waals surface area (Å²) in [6.45, 7) is 0. The van der Waals surface area contributed by atoms with Gasteiger partial charge in [-0.1, -0.05) is 12.1 Å². The number of ketones is 1. The average Bonchev–Trinajstić information content (AvgIpc) is 2.03. The van der Waals surface area contributed by atoms with Crippen LogP contribution in [0.15, 0.2) is 24.3 Å². The highest BCUT2D eigenvalue weighted by Crippen LogP contribution is 2.03. The molecule has 0 saturated carbocycles. The Morgan fingerprint density at radius 3 is 2.50 bits per heavy atom. The van der Waals surface area contributed by atoms with Gasteiger partial charge in [-0.05, 0) is 12.1 Å². The van der Waals surface area contributed by atoms with Gasteiger partial charge in [0.1, 0.15) is 5.82 Å². The van der Waals surface area contributed by atoms with Gasteiger partial charge in [0.05, 0.1) is 0 Å². The molecular formula is C8H6FNO2. The average molecular weight is 167 g/mol. The second kappa shape index (κ2) is 3.13. The second-order valence-corrected chi connectivity index (χ2v) is 2.20. The maximum atomic E-state index is 12.5. The zero-order valence-electron chi connectivity index (χ0n) is 6.08. The monoisotopic (exact) mass is 167 g/mol. The molecule has 1 rings (SSSR count). The van der Waals surface area contributed by atoms with Crippen molar-refractivity contribution in [2.45, 2.75) is 0 Å². The summed E-state index contributed by atoms with van der Waals surface area (Å²) >= 11 is 0. The van der Waals surface area contributed by atoms with Gasteiger partial charge in [-0.25, -0.2) is 4.39 Å². The number of amides is 1. The fourth-order valence-corrected chi connectivity index (χ4v) is 0.772. The largest absolute Gasteiger partial charge is 0.363 e. The molecule has 2 N–H and O–H groups in total. The van der Waals surface area contributed by atoms with Crippen molar-refractivity contribution < 1.29 is 14.0 Å². The van der Waals surface area contributed by atoms with E-state index in [0.29, 0.717) is 0 Å². The molecule has 0 aliphatic heterocycles. The number of benzene rings is 1. The van der Waals surface area contributed by atoms with E-state index < -0.39 is 17.5 Å². The number of primary amides is 1. The van der Waals surface area contributed by atoms with E-state index in [1.165, 1.54) is 18.2 Å². The van der Waals surface area contributed by atoms with Crippen LogP contribution in [-0.2, 0) is 4.79 Å². The Bertz CT molecular complexity index is 336. The summed E-state index contributed by atoms with van der Waals surface area (Å²) in [7, 11) is 0. The molecule has 4 heteroatoms. The molecule has 1 aromatic carbocycles. The van der Waals surface area contributed by atoms with Crippen molar-refractivity contribution in [2.75, 3.05) is 0 Å². The molecule has 0 aromatic heterocycles. The lowest BCUT2D eigenvalue weighted by Crippen LogP contribution is -2.23. The van der Waals surface area contributed by atoms with E-state index >= 15 is 0 Å². The van der Waals surface area contributed by atoms with Crippen molar-refractivity contribution in [3.63, 3.8) is 0 Å². The van der Waals surface area contributed by atoms with Crippen molar-refractivity contribution >= 4 is 11.7 Å². The number of Topliss-reactive ketones (excluding diaryl/α,β-unsaturated/α-hetero) is 1. The first-order valence-corrected chi connectivity index (χ1v) is 3.21. The van der Waals surface area contributed by atoms with E-state index in [9.17, 15) is 14.0 Å². The molecule has 12 heavy (non-hydrogen) atoms. The molecule has 0 saturated heterocycles. The minimum absolute atomic E-state index is 0.0255. The molecule has 62 valence electrons. The highest BCUT2D eigenvalue weighted by Gasteiger charge is 2.11. The Morgan fingerprint density at radius 2 is 2.00 bits per heavy atom. The maximum absolute atomic E-state index is 12.5. The first-order chi connectivity index (χ1) is 5.61. The van der Waals surface area contributed by atoms with Gasteiger partial charge < -0.3 is 5.73 Å². The summed E-state index contributed by atoms with van der Waals surface area (Å²) in [5, 5.41) is 0. The summed E-state index contributed by atoms with van der Waals surface area (Å²) in [6.07, 6.45) is 0. The Kier molecular flexibility index (Phi) is 2.19. The van der Waals surface area contributed by atoms with Gasteiger partial charge in [0, 0.05) is 5.56 Å². The Hall–Kier alpha value is -1.71. The van der Waals surface area contributed by atoms with E-state index in [4.69, 9.17) is 5.73 Å². The summed E-state index contributed by atoms with van der Waals surface area (Å²) in [6, 6.07) is 4.81. The van der Waals surface area contributed by atoms with Crippen LogP contribution in [0.25, 0.3) is 0 Å². The molecule has 1 amide bonds. The van der Waals surface area contributed by atoms with Crippen LogP contribution in [0.3, 0.4) is 0 Å². The third-order valence-corrected chi connectivity index (χ3v) is 1.31. The fraction of sp³-hybridized carbons (Fsp3) is 0. The second-order valence-electron chi connectivity index (χ2n) is 2.20. The number of carbonyl (C=O) groups excluding carboxylic acids is 2. The molecule has 0 unspecified atom stereocenters. The van der Waals surface area contributed by atoms with Crippen molar-refractivity contribution in [1.82, 2.24) is 0 Å². The zero-order chi connectivity index (χ0) is 9.14. The highest BCUT2D eigenvalue weighted by atomic mass is 19.1. The lowest BCUT2D eigenvalue weighted by Gasteiger charge is -1.94. The van der Waals surface area contributed by atoms with Crippen LogP contribution in [0, 0.1) is 5.82 Å². The van der Waals surface area contributed by atoms with Gasteiger partial charge in [0.2, 0.25) is 5.78 Å². The number of nitrogens with two attached hydrogens (primary N) is 1. The van der Waals surface area contributed by atoms with Gasteiger partial charge in [-0.2, -0.15) is 0 Å².